The molecular weight excluding hydrogens is 218 g/mol. The molecule has 6 nitrogen and oxygen atoms in total. The highest BCUT2D eigenvalue weighted by atomic mass is 31.3. The maximum atomic E-state index is 11.0. The molecule has 0 saturated carbocycles. The van der Waals surface area contributed by atoms with Gasteiger partial charge in [-0.15, -0.1) is 0 Å². The summed E-state index contributed by atoms with van der Waals surface area (Å²) < 4.78 is 25.1. The molecule has 0 aromatic heterocycles. The monoisotopic (exact) mass is 232 g/mol. The van der Waals surface area contributed by atoms with Crippen LogP contribution in [0.1, 0.15) is 20.3 Å². The molecule has 0 amide bonds. The minimum absolute atomic E-state index is 0.109. The fourth-order valence-electron chi connectivity index (χ4n) is 0.722. The van der Waals surface area contributed by atoms with Gasteiger partial charge in [0.25, 0.3) is 0 Å². The molecular formula is C5H14O6P2. The third kappa shape index (κ3) is 7.38. The quantitative estimate of drug-likeness (QED) is 0.617. The van der Waals surface area contributed by atoms with E-state index < -0.39 is 15.4 Å². The zero-order chi connectivity index (χ0) is 10.7. The van der Waals surface area contributed by atoms with Crippen LogP contribution in [-0.4, -0.2) is 20.8 Å². The molecule has 0 aliphatic carbocycles. The van der Waals surface area contributed by atoms with Gasteiger partial charge in [0, 0.05) is 0 Å². The summed E-state index contributed by atoms with van der Waals surface area (Å²) in [7, 11) is -9.02. The normalized spacial score (nSPS) is 19.5. The van der Waals surface area contributed by atoms with E-state index >= 15 is 0 Å². The maximum Gasteiger partial charge on any atom is 0.476 e. The molecule has 0 fully saturated rings. The predicted octanol–water partition coefficient (Wildman–Crippen LogP) is 1.33. The molecule has 0 saturated heterocycles. The molecule has 0 spiro atoms. The Morgan fingerprint density at radius 3 is 2.08 bits per heavy atom. The van der Waals surface area contributed by atoms with Crippen LogP contribution in [0.3, 0.4) is 0 Å². The van der Waals surface area contributed by atoms with Crippen LogP contribution in [0, 0.1) is 5.92 Å². The van der Waals surface area contributed by atoms with Gasteiger partial charge in [0.1, 0.15) is 0 Å². The molecule has 80 valence electrons. The van der Waals surface area contributed by atoms with Crippen molar-refractivity contribution in [3.8, 4) is 0 Å². The molecule has 0 aliphatic rings. The number of phosphoric acid groups is 1. The Hall–Kier alpha value is 0.300. The first-order valence-corrected chi connectivity index (χ1v) is 7.04. The summed E-state index contributed by atoms with van der Waals surface area (Å²) in [6, 6.07) is 0. The molecule has 0 rings (SSSR count). The lowest BCUT2D eigenvalue weighted by atomic mass is 10.2. The molecule has 13 heavy (non-hydrogen) atoms. The molecule has 0 radical (unpaired) electrons. The van der Waals surface area contributed by atoms with E-state index in [2.05, 4.69) is 4.31 Å². The average molecular weight is 232 g/mol. The summed E-state index contributed by atoms with van der Waals surface area (Å²) in [5.41, 5.74) is 0. The molecule has 0 aromatic carbocycles. The van der Waals surface area contributed by atoms with E-state index in [0.717, 1.165) is 0 Å². The third-order valence-electron chi connectivity index (χ3n) is 1.47. The number of hydrogen-bond acceptors (Lipinski definition) is 3. The van der Waals surface area contributed by atoms with E-state index in [1.165, 1.54) is 0 Å². The Morgan fingerprint density at radius 2 is 1.77 bits per heavy atom. The van der Waals surface area contributed by atoms with E-state index in [4.69, 9.17) is 14.7 Å². The predicted molar refractivity (Wildman–Crippen MR) is 47.3 cm³/mol. The first-order valence-electron chi connectivity index (χ1n) is 3.75. The van der Waals surface area contributed by atoms with Gasteiger partial charge in [0.05, 0.1) is 6.16 Å². The second kappa shape index (κ2) is 4.69. The molecule has 0 bridgehead atoms. The van der Waals surface area contributed by atoms with Crippen molar-refractivity contribution in [2.75, 3.05) is 6.16 Å². The third-order valence-corrected chi connectivity index (χ3v) is 4.43. The van der Waals surface area contributed by atoms with Gasteiger partial charge in [0.15, 0.2) is 0 Å². The van der Waals surface area contributed by atoms with Crippen molar-refractivity contribution in [2.24, 2.45) is 5.92 Å². The van der Waals surface area contributed by atoms with Crippen LogP contribution in [0.4, 0.5) is 0 Å². The van der Waals surface area contributed by atoms with Crippen LogP contribution >= 0.6 is 15.4 Å². The number of hydrogen-bond donors (Lipinski definition) is 3. The molecule has 2 unspecified atom stereocenters. The highest BCUT2D eigenvalue weighted by Gasteiger charge is 2.31. The SMILES string of the molecule is CCC(C)CP(=O)(O)OP(=O)(O)O. The summed E-state index contributed by atoms with van der Waals surface area (Å²) in [5.74, 6) is -0.109. The Labute approximate surface area is 76.7 Å². The van der Waals surface area contributed by atoms with Gasteiger partial charge in [-0.25, -0.2) is 8.88 Å². The minimum atomic E-state index is -4.87. The largest absolute Gasteiger partial charge is 0.476 e. The smallest absolute Gasteiger partial charge is 0.324 e. The molecule has 2 atom stereocenters. The van der Waals surface area contributed by atoms with Crippen molar-refractivity contribution in [3.05, 3.63) is 0 Å². The van der Waals surface area contributed by atoms with Gasteiger partial charge in [-0.1, -0.05) is 20.3 Å². The minimum Gasteiger partial charge on any atom is -0.324 e. The van der Waals surface area contributed by atoms with E-state index in [1.807, 2.05) is 6.92 Å². The molecule has 3 N–H and O–H groups in total. The highest BCUT2D eigenvalue weighted by Crippen LogP contribution is 2.57. The average Bonchev–Trinajstić information content (AvgIpc) is 1.80. The highest BCUT2D eigenvalue weighted by molar-refractivity contribution is 7.63. The first-order chi connectivity index (χ1) is 5.66. The molecule has 0 aliphatic heterocycles. The van der Waals surface area contributed by atoms with Gasteiger partial charge < -0.3 is 14.7 Å². The van der Waals surface area contributed by atoms with Crippen molar-refractivity contribution >= 4 is 15.4 Å². The zero-order valence-corrected chi connectivity index (χ0v) is 9.24. The van der Waals surface area contributed by atoms with E-state index in [0.29, 0.717) is 6.42 Å². The Morgan fingerprint density at radius 1 is 1.31 bits per heavy atom. The Balaban J connectivity index is 4.26. The Bertz CT molecular complexity index is 245. The standard InChI is InChI=1S/C5H14O6P2/c1-3-5(2)4-12(6,7)11-13(8,9)10/h5H,3-4H2,1-2H3,(H,6,7)(H2,8,9,10). The van der Waals surface area contributed by atoms with Crippen LogP contribution in [0.25, 0.3) is 0 Å². The van der Waals surface area contributed by atoms with Crippen molar-refractivity contribution in [3.63, 3.8) is 0 Å². The zero-order valence-electron chi connectivity index (χ0n) is 7.45. The van der Waals surface area contributed by atoms with Gasteiger partial charge in [-0.05, 0) is 5.92 Å². The number of rotatable bonds is 5. The Kier molecular flexibility index (Phi) is 4.80. The van der Waals surface area contributed by atoms with Crippen molar-refractivity contribution < 1.29 is 28.1 Å². The van der Waals surface area contributed by atoms with E-state index in [-0.39, 0.29) is 12.1 Å². The summed E-state index contributed by atoms with van der Waals surface area (Å²) in [6.45, 7) is 3.51. The summed E-state index contributed by atoms with van der Waals surface area (Å²) >= 11 is 0. The molecule has 0 heterocycles. The van der Waals surface area contributed by atoms with Crippen LogP contribution in [-0.2, 0) is 13.4 Å². The first kappa shape index (κ1) is 13.3. The summed E-state index contributed by atoms with van der Waals surface area (Å²) in [6.07, 6.45) is 0.406. The summed E-state index contributed by atoms with van der Waals surface area (Å²) in [4.78, 5) is 25.6. The lowest BCUT2D eigenvalue weighted by Gasteiger charge is -2.15. The van der Waals surface area contributed by atoms with Crippen LogP contribution in [0.2, 0.25) is 0 Å². The van der Waals surface area contributed by atoms with Crippen LogP contribution in [0.15, 0.2) is 0 Å². The molecule has 0 aromatic rings. The van der Waals surface area contributed by atoms with Crippen molar-refractivity contribution in [1.82, 2.24) is 0 Å². The van der Waals surface area contributed by atoms with Crippen LogP contribution in [0.5, 0.6) is 0 Å². The van der Waals surface area contributed by atoms with E-state index in [1.54, 1.807) is 6.92 Å². The maximum absolute atomic E-state index is 11.0. The van der Waals surface area contributed by atoms with Crippen molar-refractivity contribution in [1.29, 1.82) is 0 Å². The van der Waals surface area contributed by atoms with Gasteiger partial charge in [-0.2, -0.15) is 0 Å². The van der Waals surface area contributed by atoms with Gasteiger partial charge >= 0.3 is 15.4 Å². The second-order valence-corrected chi connectivity index (χ2v) is 6.18. The second-order valence-electron chi connectivity index (χ2n) is 2.91. The topological polar surface area (TPSA) is 104 Å². The molecule has 8 heteroatoms. The fraction of sp³-hybridized carbons (Fsp3) is 1.00. The summed E-state index contributed by atoms with van der Waals surface area (Å²) in [5, 5.41) is 0. The van der Waals surface area contributed by atoms with Crippen LogP contribution < -0.4 is 0 Å². The van der Waals surface area contributed by atoms with E-state index in [9.17, 15) is 9.13 Å². The van der Waals surface area contributed by atoms with Crippen molar-refractivity contribution in [2.45, 2.75) is 20.3 Å². The fourth-order valence-corrected chi connectivity index (χ4v) is 3.36. The lowest BCUT2D eigenvalue weighted by Crippen LogP contribution is -2.02. The van der Waals surface area contributed by atoms with Gasteiger partial charge in [-0.3, -0.25) is 4.57 Å². The lowest BCUT2D eigenvalue weighted by molar-refractivity contribution is 0.261. The van der Waals surface area contributed by atoms with Gasteiger partial charge in [0.2, 0.25) is 0 Å².